The van der Waals surface area contributed by atoms with Gasteiger partial charge in [-0.25, -0.2) is 0 Å². The van der Waals surface area contributed by atoms with Crippen LogP contribution in [-0.2, 0) is 21.1 Å². The van der Waals surface area contributed by atoms with Crippen LogP contribution in [0.3, 0.4) is 0 Å². The van der Waals surface area contributed by atoms with Gasteiger partial charge in [0.25, 0.3) is 0 Å². The lowest BCUT2D eigenvalue weighted by molar-refractivity contribution is 0.727. The van der Waals surface area contributed by atoms with Crippen LogP contribution < -0.4 is 0 Å². The number of hydrogen-bond acceptors (Lipinski definition) is 0. The molecule has 6 rings (SSSR count). The summed E-state index contributed by atoms with van der Waals surface area (Å²) >= 11 is 0. The average Bonchev–Trinajstić information content (AvgIpc) is 3.99. The van der Waals surface area contributed by atoms with Gasteiger partial charge in [0.05, 0.1) is 0 Å². The zero-order chi connectivity index (χ0) is 46.3. The Morgan fingerprint density at radius 1 is 0.483 bits per heavy atom. The molecule has 6 heteroatoms. The molecule has 0 unspecified atom stereocenters. The Bertz CT molecular complexity index is 1950. The first-order valence-corrected chi connectivity index (χ1v) is 22.5. The summed E-state index contributed by atoms with van der Waals surface area (Å²) in [4.78, 5) is 9.96. The third-order valence-corrected chi connectivity index (χ3v) is 11.4. The average molecular weight is 823 g/mol. The first-order valence-electron chi connectivity index (χ1n) is 22.5. The highest BCUT2D eigenvalue weighted by atomic mass is 15.0. The van der Waals surface area contributed by atoms with E-state index in [1.165, 1.54) is 84.6 Å². The minimum Gasteiger partial charge on any atom is -0.364 e. The summed E-state index contributed by atoms with van der Waals surface area (Å²) in [6.07, 6.45) is 6.35. The lowest BCUT2D eigenvalue weighted by Crippen LogP contribution is -1.99. The third-order valence-electron chi connectivity index (χ3n) is 11.4. The second kappa shape index (κ2) is 24.8. The van der Waals surface area contributed by atoms with Crippen molar-refractivity contribution in [3.63, 3.8) is 0 Å². The Labute approximate surface area is 369 Å². The van der Waals surface area contributed by atoms with E-state index in [9.17, 15) is 0 Å². The summed E-state index contributed by atoms with van der Waals surface area (Å²) in [5.74, 6) is 3.77. The molecule has 0 fully saturated rings. The lowest BCUT2D eigenvalue weighted by atomic mass is 10.1. The number of aromatic nitrogens is 6. The van der Waals surface area contributed by atoms with Gasteiger partial charge in [0, 0.05) is 91.0 Å². The van der Waals surface area contributed by atoms with E-state index in [0.29, 0.717) is 35.5 Å². The molecule has 0 aliphatic rings. The molecule has 6 nitrogen and oxygen atoms in total. The standard InChI is InChI=1S/6C9H15N/c1-7(2)9-5-8(3)6-10(9)4;1-7(2)9-8(3)5-6-10(9)4;1-7(2)9-6-5-8(3)10(9)4;1-6(2)9-8(4)7(3)5-10-9;1-6(2)9-5-7(3)8(4)10-9;1-6(2)9-7(3)5-8(4)10-9/h3*5-7H,1-4H3;3*5-6,10H,1-4H3. The summed E-state index contributed by atoms with van der Waals surface area (Å²) in [6.45, 7) is 45.8. The number of hydrogen-bond donors (Lipinski definition) is 3. The van der Waals surface area contributed by atoms with Gasteiger partial charge in [-0.2, -0.15) is 0 Å². The van der Waals surface area contributed by atoms with Gasteiger partial charge in [-0.05, 0) is 168 Å². The molecule has 336 valence electrons. The molecule has 6 aromatic heterocycles. The zero-order valence-electron chi connectivity index (χ0n) is 43.0. The molecule has 0 bridgehead atoms. The number of H-pyrrole nitrogens is 3. The highest BCUT2D eigenvalue weighted by Crippen LogP contribution is 2.21. The molecule has 3 N–H and O–H groups in total. The van der Waals surface area contributed by atoms with E-state index in [1.54, 1.807) is 0 Å². The van der Waals surface area contributed by atoms with Crippen LogP contribution in [0.5, 0.6) is 0 Å². The van der Waals surface area contributed by atoms with Crippen LogP contribution in [0.1, 0.15) is 203 Å². The Morgan fingerprint density at radius 3 is 1.25 bits per heavy atom. The van der Waals surface area contributed by atoms with Crippen molar-refractivity contribution in [1.82, 2.24) is 28.7 Å². The summed E-state index contributed by atoms with van der Waals surface area (Å²) in [5.41, 5.74) is 20.5. The molecule has 0 spiro atoms. The third kappa shape index (κ3) is 16.6. The first kappa shape index (κ1) is 53.7. The van der Waals surface area contributed by atoms with Crippen LogP contribution >= 0.6 is 0 Å². The maximum Gasteiger partial charge on any atom is 0.0226 e. The molecule has 0 radical (unpaired) electrons. The van der Waals surface area contributed by atoms with E-state index in [0.717, 1.165) is 0 Å². The summed E-state index contributed by atoms with van der Waals surface area (Å²) in [5, 5.41) is 0. The minimum atomic E-state index is 0.618. The van der Waals surface area contributed by atoms with E-state index in [-0.39, 0.29) is 0 Å². The predicted molar refractivity (Wildman–Crippen MR) is 266 cm³/mol. The van der Waals surface area contributed by atoms with Gasteiger partial charge in [-0.3, -0.25) is 0 Å². The minimum absolute atomic E-state index is 0.618. The molecule has 0 aliphatic carbocycles. The van der Waals surface area contributed by atoms with Crippen molar-refractivity contribution in [3.05, 3.63) is 140 Å². The van der Waals surface area contributed by atoms with Gasteiger partial charge in [0.15, 0.2) is 0 Å². The van der Waals surface area contributed by atoms with Gasteiger partial charge in [-0.15, -0.1) is 0 Å². The molecule has 6 aromatic rings. The van der Waals surface area contributed by atoms with Crippen LogP contribution in [-0.4, -0.2) is 28.7 Å². The van der Waals surface area contributed by atoms with Crippen LogP contribution in [0.15, 0.2) is 55.0 Å². The smallest absolute Gasteiger partial charge is 0.0226 e. The number of aryl methyl sites for hydroxylation is 10. The second-order valence-corrected chi connectivity index (χ2v) is 19.0. The maximum absolute atomic E-state index is 3.34. The molecule has 0 saturated carbocycles. The van der Waals surface area contributed by atoms with E-state index >= 15 is 0 Å². The van der Waals surface area contributed by atoms with Crippen LogP contribution in [0.4, 0.5) is 0 Å². The Hall–Kier alpha value is -4.32. The quantitative estimate of drug-likeness (QED) is 0.150. The van der Waals surface area contributed by atoms with Crippen LogP contribution in [0, 0.1) is 62.3 Å². The van der Waals surface area contributed by atoms with Gasteiger partial charge in [0.1, 0.15) is 0 Å². The number of nitrogens with one attached hydrogen (secondary N) is 3. The molecule has 0 amide bonds. The van der Waals surface area contributed by atoms with Crippen molar-refractivity contribution in [3.8, 4) is 0 Å². The van der Waals surface area contributed by atoms with Gasteiger partial charge in [-0.1, -0.05) is 83.1 Å². The Balaban J connectivity index is 0.000000360. The van der Waals surface area contributed by atoms with Crippen molar-refractivity contribution in [2.24, 2.45) is 21.1 Å². The Morgan fingerprint density at radius 2 is 1.05 bits per heavy atom. The van der Waals surface area contributed by atoms with Gasteiger partial charge < -0.3 is 28.7 Å². The number of rotatable bonds is 6. The molecule has 0 saturated heterocycles. The van der Waals surface area contributed by atoms with Gasteiger partial charge in [0.2, 0.25) is 0 Å². The van der Waals surface area contributed by atoms with Crippen molar-refractivity contribution < 1.29 is 0 Å². The second-order valence-electron chi connectivity index (χ2n) is 19.0. The number of aromatic amines is 3. The normalized spacial score (nSPS) is 10.9. The van der Waals surface area contributed by atoms with Crippen LogP contribution in [0.2, 0.25) is 0 Å². The first-order chi connectivity index (χ1) is 27.7. The fraction of sp³-hybridized carbons (Fsp3) is 0.556. The molecule has 60 heavy (non-hydrogen) atoms. The topological polar surface area (TPSA) is 62.2 Å². The Kier molecular flexibility index (Phi) is 22.2. The highest BCUT2D eigenvalue weighted by Gasteiger charge is 2.08. The lowest BCUT2D eigenvalue weighted by Gasteiger charge is -2.07. The van der Waals surface area contributed by atoms with E-state index in [1.807, 2.05) is 0 Å². The van der Waals surface area contributed by atoms with Crippen molar-refractivity contribution in [2.45, 2.75) is 181 Å². The van der Waals surface area contributed by atoms with Crippen LogP contribution in [0.25, 0.3) is 0 Å². The molecule has 6 heterocycles. The fourth-order valence-corrected chi connectivity index (χ4v) is 7.64. The predicted octanol–water partition coefficient (Wildman–Crippen LogP) is 15.6. The fourth-order valence-electron chi connectivity index (χ4n) is 7.64. The molecular formula is C54H90N6. The summed E-state index contributed by atoms with van der Waals surface area (Å²) < 4.78 is 6.63. The van der Waals surface area contributed by atoms with Crippen molar-refractivity contribution in [2.75, 3.05) is 0 Å². The largest absolute Gasteiger partial charge is 0.364 e. The molecule has 0 aliphatic heterocycles. The summed E-state index contributed by atoms with van der Waals surface area (Å²) in [6, 6.07) is 13.2. The SMILES string of the molecule is Cc1c[nH]c(C(C)C)c1C.Cc1cc(C(C)C)[nH]c1C.Cc1cc(C(C)C)n(C)c1.Cc1cc(C)c(C(C)C)[nH]1.Cc1ccc(C(C)C)n1C.Cc1ccn(C)c1C(C)C. The molecule has 0 atom stereocenters. The number of nitrogens with zero attached hydrogens (tertiary/aromatic N) is 3. The maximum atomic E-state index is 3.34. The van der Waals surface area contributed by atoms with E-state index < -0.39 is 0 Å². The monoisotopic (exact) mass is 823 g/mol. The van der Waals surface area contributed by atoms with Crippen molar-refractivity contribution >= 4 is 0 Å². The molecular weight excluding hydrogens is 733 g/mol. The molecule has 0 aromatic carbocycles. The van der Waals surface area contributed by atoms with E-state index in [4.69, 9.17) is 0 Å². The zero-order valence-corrected chi connectivity index (χ0v) is 43.0. The van der Waals surface area contributed by atoms with Crippen molar-refractivity contribution in [1.29, 1.82) is 0 Å². The van der Waals surface area contributed by atoms with E-state index in [2.05, 4.69) is 250 Å². The van der Waals surface area contributed by atoms with Gasteiger partial charge >= 0.3 is 0 Å². The highest BCUT2D eigenvalue weighted by molar-refractivity contribution is 5.30. The summed E-state index contributed by atoms with van der Waals surface area (Å²) in [7, 11) is 6.31.